The minimum Gasteiger partial charge on any atom is -0.484 e. The number of halogens is 1. The molecule has 1 N–H and O–H groups in total. The fourth-order valence-corrected chi connectivity index (χ4v) is 2.40. The van der Waals surface area contributed by atoms with Crippen molar-refractivity contribution in [1.29, 1.82) is 0 Å². The number of anilines is 1. The van der Waals surface area contributed by atoms with Gasteiger partial charge in [0.05, 0.1) is 0 Å². The second kappa shape index (κ2) is 7.51. The maximum absolute atomic E-state index is 12.0. The second-order valence-electron chi connectivity index (χ2n) is 5.98. The first-order valence-electron chi connectivity index (χ1n) is 7.66. The van der Waals surface area contributed by atoms with E-state index < -0.39 is 0 Å². The van der Waals surface area contributed by atoms with Crippen LogP contribution in [0.25, 0.3) is 0 Å². The van der Waals surface area contributed by atoms with Crippen molar-refractivity contribution in [3.8, 4) is 5.75 Å². The highest BCUT2D eigenvalue weighted by Crippen LogP contribution is 2.25. The van der Waals surface area contributed by atoms with E-state index in [2.05, 4.69) is 19.2 Å². The van der Waals surface area contributed by atoms with Gasteiger partial charge in [0.1, 0.15) is 5.75 Å². The van der Waals surface area contributed by atoms with Gasteiger partial charge in [-0.15, -0.1) is 0 Å². The van der Waals surface area contributed by atoms with E-state index >= 15 is 0 Å². The third-order valence-corrected chi connectivity index (χ3v) is 4.24. The van der Waals surface area contributed by atoms with Crippen molar-refractivity contribution in [1.82, 2.24) is 0 Å². The van der Waals surface area contributed by atoms with E-state index in [4.69, 9.17) is 16.3 Å². The highest BCUT2D eigenvalue weighted by molar-refractivity contribution is 6.32. The Labute approximate surface area is 142 Å². The Bertz CT molecular complexity index is 670. The van der Waals surface area contributed by atoms with Crippen molar-refractivity contribution in [2.75, 3.05) is 11.9 Å². The highest BCUT2D eigenvalue weighted by Gasteiger charge is 2.07. The fraction of sp³-hybridized carbons (Fsp3) is 0.316. The van der Waals surface area contributed by atoms with Gasteiger partial charge in [0.15, 0.2) is 6.61 Å². The normalized spacial score (nSPS) is 10.7. The van der Waals surface area contributed by atoms with Crippen LogP contribution in [0.2, 0.25) is 5.02 Å². The van der Waals surface area contributed by atoms with Crippen LogP contribution in [0.5, 0.6) is 5.75 Å². The van der Waals surface area contributed by atoms with Crippen LogP contribution in [-0.2, 0) is 4.79 Å². The zero-order chi connectivity index (χ0) is 17.0. The van der Waals surface area contributed by atoms with E-state index in [9.17, 15) is 4.79 Å². The molecule has 1 amide bonds. The summed E-state index contributed by atoms with van der Waals surface area (Å²) >= 11 is 6.12. The summed E-state index contributed by atoms with van der Waals surface area (Å²) in [4.78, 5) is 12.0. The quantitative estimate of drug-likeness (QED) is 0.828. The molecular formula is C19H22ClNO2. The predicted octanol–water partition coefficient (Wildman–Crippen LogP) is 5.10. The topological polar surface area (TPSA) is 38.3 Å². The number of rotatable bonds is 5. The molecule has 0 fully saturated rings. The fourth-order valence-electron chi connectivity index (χ4n) is 2.29. The van der Waals surface area contributed by atoms with Crippen LogP contribution in [0.15, 0.2) is 36.4 Å². The maximum Gasteiger partial charge on any atom is 0.262 e. The SMILES string of the molecule is Cc1cc(OCC(=O)Nc2ccc(C(C)C)cc2)cc(C)c1Cl. The molecule has 0 atom stereocenters. The third kappa shape index (κ3) is 4.73. The van der Waals surface area contributed by atoms with Crippen LogP contribution in [0.3, 0.4) is 0 Å². The van der Waals surface area contributed by atoms with Crippen LogP contribution in [0, 0.1) is 13.8 Å². The molecule has 4 heteroatoms. The van der Waals surface area contributed by atoms with E-state index in [0.29, 0.717) is 11.7 Å². The van der Waals surface area contributed by atoms with Crippen LogP contribution in [-0.4, -0.2) is 12.5 Å². The van der Waals surface area contributed by atoms with Crippen LogP contribution in [0.4, 0.5) is 5.69 Å². The Balaban J connectivity index is 1.92. The van der Waals surface area contributed by atoms with Gasteiger partial charge in [-0.3, -0.25) is 4.79 Å². The lowest BCUT2D eigenvalue weighted by Gasteiger charge is -2.11. The molecule has 122 valence electrons. The lowest BCUT2D eigenvalue weighted by atomic mass is 10.0. The number of aryl methyl sites for hydroxylation is 2. The average Bonchev–Trinajstić information content (AvgIpc) is 2.51. The first-order valence-corrected chi connectivity index (χ1v) is 8.04. The Kier molecular flexibility index (Phi) is 5.67. The molecule has 0 saturated carbocycles. The Morgan fingerprint density at radius 2 is 1.70 bits per heavy atom. The molecule has 0 radical (unpaired) electrons. The predicted molar refractivity (Wildman–Crippen MR) is 95.6 cm³/mol. The number of amides is 1. The van der Waals surface area contributed by atoms with Crippen molar-refractivity contribution >= 4 is 23.2 Å². The van der Waals surface area contributed by atoms with Gasteiger partial charge < -0.3 is 10.1 Å². The van der Waals surface area contributed by atoms with Gasteiger partial charge in [0, 0.05) is 10.7 Å². The average molecular weight is 332 g/mol. The summed E-state index contributed by atoms with van der Waals surface area (Å²) in [6.45, 7) is 8.07. The lowest BCUT2D eigenvalue weighted by molar-refractivity contribution is -0.118. The molecule has 0 aromatic heterocycles. The minimum absolute atomic E-state index is 0.0353. The van der Waals surface area contributed by atoms with E-state index in [-0.39, 0.29) is 12.5 Å². The molecule has 0 aliphatic rings. The summed E-state index contributed by atoms with van der Waals surface area (Å²) in [7, 11) is 0. The van der Waals surface area contributed by atoms with Crippen LogP contribution >= 0.6 is 11.6 Å². The van der Waals surface area contributed by atoms with Gasteiger partial charge in [-0.25, -0.2) is 0 Å². The van der Waals surface area contributed by atoms with Gasteiger partial charge in [0.25, 0.3) is 5.91 Å². The summed E-state index contributed by atoms with van der Waals surface area (Å²) in [5.74, 6) is 0.932. The minimum atomic E-state index is -0.187. The number of hydrogen-bond acceptors (Lipinski definition) is 2. The largest absolute Gasteiger partial charge is 0.484 e. The molecule has 0 spiro atoms. The molecule has 0 saturated heterocycles. The summed E-state index contributed by atoms with van der Waals surface area (Å²) in [5.41, 5.74) is 3.88. The molecule has 0 bridgehead atoms. The van der Waals surface area contributed by atoms with Gasteiger partial charge in [-0.1, -0.05) is 37.6 Å². The van der Waals surface area contributed by atoms with Crippen molar-refractivity contribution in [2.45, 2.75) is 33.6 Å². The van der Waals surface area contributed by atoms with Gasteiger partial charge in [-0.05, 0) is 60.7 Å². The summed E-state index contributed by atoms with van der Waals surface area (Å²) in [5, 5.41) is 3.56. The Morgan fingerprint density at radius 1 is 1.13 bits per heavy atom. The van der Waals surface area contributed by atoms with E-state index in [1.807, 2.05) is 50.2 Å². The number of ether oxygens (including phenoxy) is 1. The zero-order valence-corrected chi connectivity index (χ0v) is 14.7. The first kappa shape index (κ1) is 17.4. The molecule has 3 nitrogen and oxygen atoms in total. The van der Waals surface area contributed by atoms with Crippen LogP contribution < -0.4 is 10.1 Å². The van der Waals surface area contributed by atoms with Crippen LogP contribution in [0.1, 0.15) is 36.5 Å². The zero-order valence-electron chi connectivity index (χ0n) is 13.9. The molecule has 2 rings (SSSR count). The molecule has 2 aromatic carbocycles. The molecule has 2 aromatic rings. The van der Waals surface area contributed by atoms with E-state index in [1.54, 1.807) is 0 Å². The summed E-state index contributed by atoms with van der Waals surface area (Å²) < 4.78 is 5.55. The number of carbonyl (C=O) groups excluding carboxylic acids is 1. The molecule has 0 aliphatic heterocycles. The first-order chi connectivity index (χ1) is 10.9. The Hall–Kier alpha value is -2.00. The summed E-state index contributed by atoms with van der Waals surface area (Å²) in [6, 6.07) is 11.5. The molecular weight excluding hydrogens is 310 g/mol. The number of benzene rings is 2. The number of nitrogens with one attached hydrogen (secondary N) is 1. The maximum atomic E-state index is 12.0. The second-order valence-corrected chi connectivity index (χ2v) is 6.36. The van der Waals surface area contributed by atoms with Crippen molar-refractivity contribution in [3.05, 3.63) is 58.1 Å². The Morgan fingerprint density at radius 3 is 2.22 bits per heavy atom. The standard InChI is InChI=1S/C19H22ClNO2/c1-12(2)15-5-7-16(8-6-15)21-18(22)11-23-17-9-13(3)19(20)14(4)10-17/h5-10,12H,11H2,1-4H3,(H,21,22). The third-order valence-electron chi connectivity index (χ3n) is 3.64. The van der Waals surface area contributed by atoms with Crippen molar-refractivity contribution < 1.29 is 9.53 Å². The number of hydrogen-bond donors (Lipinski definition) is 1. The van der Waals surface area contributed by atoms with E-state index in [1.165, 1.54) is 5.56 Å². The summed E-state index contributed by atoms with van der Waals surface area (Å²) in [6.07, 6.45) is 0. The van der Waals surface area contributed by atoms with Gasteiger partial charge in [0.2, 0.25) is 0 Å². The molecule has 0 unspecified atom stereocenters. The van der Waals surface area contributed by atoms with Crippen molar-refractivity contribution in [3.63, 3.8) is 0 Å². The van der Waals surface area contributed by atoms with Gasteiger partial charge in [-0.2, -0.15) is 0 Å². The number of carbonyl (C=O) groups is 1. The smallest absolute Gasteiger partial charge is 0.262 e. The van der Waals surface area contributed by atoms with E-state index in [0.717, 1.165) is 21.8 Å². The van der Waals surface area contributed by atoms with Crippen molar-refractivity contribution in [2.24, 2.45) is 0 Å². The highest BCUT2D eigenvalue weighted by atomic mass is 35.5. The molecule has 23 heavy (non-hydrogen) atoms. The molecule has 0 aliphatic carbocycles. The van der Waals surface area contributed by atoms with Gasteiger partial charge >= 0.3 is 0 Å². The lowest BCUT2D eigenvalue weighted by Crippen LogP contribution is -2.20. The molecule has 0 heterocycles. The monoisotopic (exact) mass is 331 g/mol.